The molecule has 0 bridgehead atoms. The van der Waals surface area contributed by atoms with E-state index in [0.29, 0.717) is 5.82 Å². The predicted octanol–water partition coefficient (Wildman–Crippen LogP) is -0.901. The fraction of sp³-hybridized carbons (Fsp3) is 0.500. The number of rotatable bonds is 7. The molecular formula is C10H17N3O4S. The van der Waals surface area contributed by atoms with Crippen molar-refractivity contribution in [2.75, 3.05) is 38.7 Å². The molecule has 0 aliphatic heterocycles. The van der Waals surface area contributed by atoms with Crippen molar-refractivity contribution in [1.29, 1.82) is 0 Å². The van der Waals surface area contributed by atoms with E-state index in [2.05, 4.69) is 10.3 Å². The molecule has 0 radical (unpaired) electrons. The van der Waals surface area contributed by atoms with E-state index >= 15 is 0 Å². The molecule has 8 heteroatoms. The third-order valence-corrected chi connectivity index (χ3v) is 4.22. The van der Waals surface area contributed by atoms with Crippen LogP contribution in [0.2, 0.25) is 0 Å². The Balaban J connectivity index is 3.08. The van der Waals surface area contributed by atoms with E-state index in [9.17, 15) is 8.42 Å². The predicted molar refractivity (Wildman–Crippen MR) is 66.7 cm³/mol. The minimum absolute atomic E-state index is 0.0555. The molecule has 1 aromatic heterocycles. The number of nitrogens with one attached hydrogen (secondary N) is 1. The summed E-state index contributed by atoms with van der Waals surface area (Å²) in [6.45, 7) is -0.716. The number of sulfonamides is 1. The zero-order valence-electron chi connectivity index (χ0n) is 10.1. The molecule has 3 N–H and O–H groups in total. The lowest BCUT2D eigenvalue weighted by Gasteiger charge is -2.20. The summed E-state index contributed by atoms with van der Waals surface area (Å²) in [6, 6.07) is 2.77. The van der Waals surface area contributed by atoms with Crippen molar-refractivity contribution in [3.05, 3.63) is 18.3 Å². The number of nitrogens with zero attached hydrogens (tertiary/aromatic N) is 2. The number of hydrogen-bond donors (Lipinski definition) is 3. The van der Waals surface area contributed by atoms with Crippen LogP contribution < -0.4 is 5.32 Å². The van der Waals surface area contributed by atoms with Crippen molar-refractivity contribution in [2.45, 2.75) is 4.90 Å². The van der Waals surface area contributed by atoms with Gasteiger partial charge in [-0.2, -0.15) is 4.31 Å². The number of aliphatic hydroxyl groups is 2. The molecule has 0 aliphatic carbocycles. The SMILES string of the molecule is CNc1cc(S(=O)(=O)N(CCO)CCO)ccn1. The monoisotopic (exact) mass is 275 g/mol. The number of anilines is 1. The van der Waals surface area contributed by atoms with Crippen molar-refractivity contribution in [1.82, 2.24) is 9.29 Å². The van der Waals surface area contributed by atoms with Gasteiger partial charge in [0, 0.05) is 32.4 Å². The third-order valence-electron chi connectivity index (χ3n) is 2.32. The van der Waals surface area contributed by atoms with Crippen LogP contribution in [0.1, 0.15) is 0 Å². The van der Waals surface area contributed by atoms with Crippen molar-refractivity contribution in [3.8, 4) is 0 Å². The first kappa shape index (κ1) is 14.8. The topological polar surface area (TPSA) is 103 Å². The van der Waals surface area contributed by atoms with Gasteiger partial charge in [0.05, 0.1) is 18.1 Å². The van der Waals surface area contributed by atoms with Crippen molar-refractivity contribution < 1.29 is 18.6 Å². The van der Waals surface area contributed by atoms with Crippen LogP contribution in [0.5, 0.6) is 0 Å². The first-order valence-corrected chi connectivity index (χ1v) is 6.86. The molecule has 7 nitrogen and oxygen atoms in total. The fourth-order valence-corrected chi connectivity index (χ4v) is 2.87. The summed E-state index contributed by atoms with van der Waals surface area (Å²) in [5, 5.41) is 20.5. The summed E-state index contributed by atoms with van der Waals surface area (Å²) in [4.78, 5) is 4.00. The van der Waals surface area contributed by atoms with Gasteiger partial charge in [-0.1, -0.05) is 0 Å². The van der Waals surface area contributed by atoms with Gasteiger partial charge in [0.25, 0.3) is 0 Å². The smallest absolute Gasteiger partial charge is 0.243 e. The molecule has 0 saturated carbocycles. The van der Waals surface area contributed by atoms with Crippen LogP contribution >= 0.6 is 0 Å². The second-order valence-electron chi connectivity index (χ2n) is 3.48. The molecular weight excluding hydrogens is 258 g/mol. The first-order chi connectivity index (χ1) is 8.56. The molecule has 102 valence electrons. The Labute approximate surface area is 106 Å². The van der Waals surface area contributed by atoms with Gasteiger partial charge >= 0.3 is 0 Å². The second-order valence-corrected chi connectivity index (χ2v) is 5.42. The lowest BCUT2D eigenvalue weighted by Crippen LogP contribution is -2.35. The second kappa shape index (κ2) is 6.64. The van der Waals surface area contributed by atoms with E-state index < -0.39 is 10.0 Å². The lowest BCUT2D eigenvalue weighted by atomic mass is 10.5. The Hall–Kier alpha value is -1.22. The summed E-state index contributed by atoms with van der Waals surface area (Å²) in [7, 11) is -2.09. The summed E-state index contributed by atoms with van der Waals surface area (Å²) in [5.41, 5.74) is 0. The van der Waals surface area contributed by atoms with Crippen molar-refractivity contribution in [2.24, 2.45) is 0 Å². The van der Waals surface area contributed by atoms with E-state index in [1.54, 1.807) is 7.05 Å². The Morgan fingerprint density at radius 1 is 1.33 bits per heavy atom. The van der Waals surface area contributed by atoms with Gasteiger partial charge in [0.2, 0.25) is 10.0 Å². The van der Waals surface area contributed by atoms with E-state index in [1.807, 2.05) is 0 Å². The number of aromatic nitrogens is 1. The normalized spacial score (nSPS) is 11.8. The molecule has 0 spiro atoms. The lowest BCUT2D eigenvalue weighted by molar-refractivity contribution is 0.217. The van der Waals surface area contributed by atoms with Crippen molar-refractivity contribution in [3.63, 3.8) is 0 Å². The molecule has 0 unspecified atom stereocenters. The van der Waals surface area contributed by atoms with Crippen LogP contribution in [-0.4, -0.2) is 61.3 Å². The van der Waals surface area contributed by atoms with Crippen LogP contribution in [0.15, 0.2) is 23.2 Å². The number of aliphatic hydroxyl groups excluding tert-OH is 2. The maximum Gasteiger partial charge on any atom is 0.243 e. The largest absolute Gasteiger partial charge is 0.395 e. The molecule has 0 atom stereocenters. The molecule has 1 rings (SSSR count). The Morgan fingerprint density at radius 3 is 2.44 bits per heavy atom. The van der Waals surface area contributed by atoms with Crippen molar-refractivity contribution >= 4 is 15.8 Å². The number of hydrogen-bond acceptors (Lipinski definition) is 6. The van der Waals surface area contributed by atoms with E-state index in [0.717, 1.165) is 4.31 Å². The standard InChI is InChI=1S/C10H17N3O4S/c1-11-10-8-9(2-3-12-10)18(16,17)13(4-6-14)5-7-15/h2-3,8,14-15H,4-7H2,1H3,(H,11,12). The Bertz CT molecular complexity index is 472. The highest BCUT2D eigenvalue weighted by Crippen LogP contribution is 2.17. The van der Waals surface area contributed by atoms with E-state index in [-0.39, 0.29) is 31.2 Å². The van der Waals surface area contributed by atoms with Crippen LogP contribution in [0, 0.1) is 0 Å². The molecule has 0 aliphatic rings. The van der Waals surface area contributed by atoms with Crippen LogP contribution in [0.3, 0.4) is 0 Å². The van der Waals surface area contributed by atoms with Crippen LogP contribution in [0.4, 0.5) is 5.82 Å². The molecule has 0 fully saturated rings. The van der Waals surface area contributed by atoms with E-state index in [4.69, 9.17) is 10.2 Å². The van der Waals surface area contributed by atoms with Gasteiger partial charge in [0.1, 0.15) is 5.82 Å². The number of pyridine rings is 1. The highest BCUT2D eigenvalue weighted by Gasteiger charge is 2.23. The summed E-state index contributed by atoms with van der Waals surface area (Å²) >= 11 is 0. The average molecular weight is 275 g/mol. The van der Waals surface area contributed by atoms with Gasteiger partial charge in [0.15, 0.2) is 0 Å². The summed E-state index contributed by atoms with van der Waals surface area (Å²) in [6.07, 6.45) is 1.38. The average Bonchev–Trinajstić information content (AvgIpc) is 2.38. The third kappa shape index (κ3) is 3.39. The molecule has 18 heavy (non-hydrogen) atoms. The minimum atomic E-state index is -3.72. The highest BCUT2D eigenvalue weighted by molar-refractivity contribution is 7.89. The molecule has 0 saturated heterocycles. The van der Waals surface area contributed by atoms with E-state index in [1.165, 1.54) is 18.3 Å². The van der Waals surface area contributed by atoms with Gasteiger partial charge in [-0.25, -0.2) is 13.4 Å². The molecule has 0 aromatic carbocycles. The zero-order chi connectivity index (χ0) is 13.6. The minimum Gasteiger partial charge on any atom is -0.395 e. The van der Waals surface area contributed by atoms with Gasteiger partial charge in [-0.3, -0.25) is 0 Å². The maximum absolute atomic E-state index is 12.2. The summed E-state index contributed by atoms with van der Waals surface area (Å²) in [5.74, 6) is 0.434. The highest BCUT2D eigenvalue weighted by atomic mass is 32.2. The van der Waals surface area contributed by atoms with Gasteiger partial charge in [-0.15, -0.1) is 0 Å². The Morgan fingerprint density at radius 2 is 1.94 bits per heavy atom. The molecule has 1 heterocycles. The molecule has 1 aromatic rings. The Kier molecular flexibility index (Phi) is 5.48. The maximum atomic E-state index is 12.2. The first-order valence-electron chi connectivity index (χ1n) is 5.42. The fourth-order valence-electron chi connectivity index (χ4n) is 1.43. The van der Waals surface area contributed by atoms with Crippen LogP contribution in [-0.2, 0) is 10.0 Å². The zero-order valence-corrected chi connectivity index (χ0v) is 10.9. The van der Waals surface area contributed by atoms with Gasteiger partial charge < -0.3 is 15.5 Å². The summed E-state index contributed by atoms with van der Waals surface area (Å²) < 4.78 is 25.5. The van der Waals surface area contributed by atoms with Crippen LogP contribution in [0.25, 0.3) is 0 Å². The molecule has 0 amide bonds. The quantitative estimate of drug-likeness (QED) is 0.596. The van der Waals surface area contributed by atoms with Gasteiger partial charge in [-0.05, 0) is 6.07 Å².